The molecule has 1 aliphatic rings. The van der Waals surface area contributed by atoms with Crippen LogP contribution in [0.2, 0.25) is 5.02 Å². The molecule has 0 spiro atoms. The second kappa shape index (κ2) is 7.60. The lowest BCUT2D eigenvalue weighted by atomic mass is 10.3. The van der Waals surface area contributed by atoms with Crippen LogP contribution in [-0.4, -0.2) is 50.1 Å². The lowest BCUT2D eigenvalue weighted by Gasteiger charge is -2.33. The Labute approximate surface area is 172 Å². The van der Waals surface area contributed by atoms with Gasteiger partial charge in [-0.05, 0) is 42.7 Å². The van der Waals surface area contributed by atoms with Crippen LogP contribution in [0.4, 0.5) is 5.13 Å². The highest BCUT2D eigenvalue weighted by Crippen LogP contribution is 2.34. The minimum atomic E-state index is -3.49. The predicted octanol–water partition coefficient (Wildman–Crippen LogP) is 4.18. The molecule has 1 aromatic heterocycles. The van der Waals surface area contributed by atoms with Crippen molar-refractivity contribution in [1.82, 2.24) is 9.29 Å². The number of thiazole rings is 1. The Hall–Kier alpha value is -1.32. The fourth-order valence-electron chi connectivity index (χ4n) is 3.09. The van der Waals surface area contributed by atoms with E-state index < -0.39 is 10.0 Å². The third-order valence-electron chi connectivity index (χ3n) is 4.55. The molecule has 0 aliphatic carbocycles. The van der Waals surface area contributed by atoms with Crippen molar-refractivity contribution in [1.29, 1.82) is 0 Å². The summed E-state index contributed by atoms with van der Waals surface area (Å²) in [5.41, 5.74) is 1.03. The second-order valence-electron chi connectivity index (χ2n) is 6.15. The van der Waals surface area contributed by atoms with E-state index in [1.54, 1.807) is 47.4 Å². The molecule has 2 heterocycles. The third-order valence-corrected chi connectivity index (χ3v) is 8.57. The van der Waals surface area contributed by atoms with Crippen LogP contribution in [0.5, 0.6) is 0 Å². The van der Waals surface area contributed by atoms with E-state index in [0.29, 0.717) is 31.2 Å². The highest BCUT2D eigenvalue weighted by atomic mass is 35.5. The molecule has 4 rings (SSSR count). The van der Waals surface area contributed by atoms with Crippen molar-refractivity contribution in [3.8, 4) is 0 Å². The number of fused-ring (bicyclic) bond motifs is 1. The molecule has 0 atom stereocenters. The van der Waals surface area contributed by atoms with Gasteiger partial charge in [-0.3, -0.25) is 0 Å². The molecule has 1 saturated heterocycles. The highest BCUT2D eigenvalue weighted by Gasteiger charge is 2.29. The van der Waals surface area contributed by atoms with Crippen LogP contribution in [0, 0.1) is 0 Å². The first-order valence-corrected chi connectivity index (χ1v) is 12.3. The highest BCUT2D eigenvalue weighted by molar-refractivity contribution is 7.98. The van der Waals surface area contributed by atoms with Crippen molar-refractivity contribution < 1.29 is 8.42 Å². The normalized spacial score (nSPS) is 16.1. The van der Waals surface area contributed by atoms with E-state index in [1.807, 2.05) is 12.3 Å². The van der Waals surface area contributed by atoms with Gasteiger partial charge in [0.15, 0.2) is 5.13 Å². The SMILES string of the molecule is CSc1cccc2sc(N3CCN(S(=O)(=O)c4ccc(Cl)cc4)CC3)nc12. The maximum Gasteiger partial charge on any atom is 0.243 e. The molecule has 3 aromatic rings. The van der Waals surface area contributed by atoms with Gasteiger partial charge in [-0.25, -0.2) is 13.4 Å². The van der Waals surface area contributed by atoms with Gasteiger partial charge < -0.3 is 4.90 Å². The first-order valence-electron chi connectivity index (χ1n) is 8.43. The van der Waals surface area contributed by atoms with E-state index in [9.17, 15) is 8.42 Å². The number of nitrogens with zero attached hydrogens (tertiary/aromatic N) is 3. The van der Waals surface area contributed by atoms with Crippen LogP contribution < -0.4 is 4.90 Å². The van der Waals surface area contributed by atoms with Crippen LogP contribution in [-0.2, 0) is 10.0 Å². The largest absolute Gasteiger partial charge is 0.345 e. The average molecular weight is 440 g/mol. The summed E-state index contributed by atoms with van der Waals surface area (Å²) in [5, 5.41) is 1.48. The molecule has 0 bridgehead atoms. The van der Waals surface area contributed by atoms with Crippen LogP contribution in [0.1, 0.15) is 0 Å². The van der Waals surface area contributed by atoms with Gasteiger partial charge in [-0.15, -0.1) is 11.8 Å². The number of sulfonamides is 1. The van der Waals surface area contributed by atoms with Crippen molar-refractivity contribution in [3.63, 3.8) is 0 Å². The fraction of sp³-hybridized carbons (Fsp3) is 0.278. The minimum Gasteiger partial charge on any atom is -0.345 e. The smallest absolute Gasteiger partial charge is 0.243 e. The summed E-state index contributed by atoms with van der Waals surface area (Å²) >= 11 is 9.22. The van der Waals surface area contributed by atoms with Crippen LogP contribution >= 0.6 is 34.7 Å². The summed E-state index contributed by atoms with van der Waals surface area (Å²) in [6, 6.07) is 12.5. The molecule has 0 saturated carbocycles. The maximum atomic E-state index is 12.8. The van der Waals surface area contributed by atoms with Crippen LogP contribution in [0.3, 0.4) is 0 Å². The van der Waals surface area contributed by atoms with Crippen molar-refractivity contribution in [2.45, 2.75) is 9.79 Å². The summed E-state index contributed by atoms with van der Waals surface area (Å²) in [7, 11) is -3.49. The molecule has 9 heteroatoms. The molecule has 1 aliphatic heterocycles. The number of thioether (sulfide) groups is 1. The fourth-order valence-corrected chi connectivity index (χ4v) is 6.31. The molecule has 0 amide bonds. The van der Waals surface area contributed by atoms with Gasteiger partial charge in [0.05, 0.1) is 15.1 Å². The molecule has 1 fully saturated rings. The lowest BCUT2D eigenvalue weighted by molar-refractivity contribution is 0.385. The predicted molar refractivity (Wildman–Crippen MR) is 114 cm³/mol. The number of aromatic nitrogens is 1. The Bertz CT molecular complexity index is 1060. The van der Waals surface area contributed by atoms with Gasteiger partial charge in [-0.1, -0.05) is 29.0 Å². The maximum absolute atomic E-state index is 12.8. The molecule has 0 radical (unpaired) electrons. The zero-order valence-electron chi connectivity index (χ0n) is 14.6. The first kappa shape index (κ1) is 19.0. The zero-order valence-corrected chi connectivity index (χ0v) is 17.8. The molecule has 0 N–H and O–H groups in total. The van der Waals surface area contributed by atoms with Crippen molar-refractivity contribution in [3.05, 3.63) is 47.5 Å². The van der Waals surface area contributed by atoms with Gasteiger partial charge in [0.25, 0.3) is 0 Å². The van der Waals surface area contributed by atoms with Crippen molar-refractivity contribution in [2.24, 2.45) is 0 Å². The average Bonchev–Trinajstić information content (AvgIpc) is 3.13. The number of rotatable bonds is 4. The number of hydrogen-bond donors (Lipinski definition) is 0. The zero-order chi connectivity index (χ0) is 19.0. The summed E-state index contributed by atoms with van der Waals surface area (Å²) in [6.45, 7) is 2.13. The van der Waals surface area contributed by atoms with Gasteiger partial charge in [0.1, 0.15) is 0 Å². The minimum absolute atomic E-state index is 0.282. The summed E-state index contributed by atoms with van der Waals surface area (Å²) < 4.78 is 28.3. The van der Waals surface area contributed by atoms with Crippen molar-refractivity contribution in [2.75, 3.05) is 37.3 Å². The van der Waals surface area contributed by atoms with Gasteiger partial charge in [0.2, 0.25) is 10.0 Å². The Kier molecular flexibility index (Phi) is 5.35. The summed E-state index contributed by atoms with van der Waals surface area (Å²) in [5.74, 6) is 0. The molecule has 27 heavy (non-hydrogen) atoms. The van der Waals surface area contributed by atoms with Crippen LogP contribution in [0.25, 0.3) is 10.2 Å². The van der Waals surface area contributed by atoms with E-state index in [2.05, 4.69) is 17.0 Å². The number of halogens is 1. The Morgan fingerprint density at radius 3 is 2.44 bits per heavy atom. The number of benzene rings is 2. The van der Waals surface area contributed by atoms with E-state index in [-0.39, 0.29) is 4.90 Å². The monoisotopic (exact) mass is 439 g/mol. The van der Waals surface area contributed by atoms with Gasteiger partial charge in [0, 0.05) is 36.1 Å². The number of piperazine rings is 1. The molecule has 2 aromatic carbocycles. The third kappa shape index (κ3) is 3.69. The second-order valence-corrected chi connectivity index (χ2v) is 10.4. The Morgan fingerprint density at radius 2 is 1.78 bits per heavy atom. The Morgan fingerprint density at radius 1 is 1.07 bits per heavy atom. The van der Waals surface area contributed by atoms with Crippen LogP contribution in [0.15, 0.2) is 52.3 Å². The Balaban J connectivity index is 1.51. The van der Waals surface area contributed by atoms with Gasteiger partial charge >= 0.3 is 0 Å². The number of hydrogen-bond acceptors (Lipinski definition) is 6. The van der Waals surface area contributed by atoms with Gasteiger partial charge in [-0.2, -0.15) is 4.31 Å². The van der Waals surface area contributed by atoms with E-state index in [0.717, 1.165) is 15.3 Å². The van der Waals surface area contributed by atoms with E-state index >= 15 is 0 Å². The molecule has 5 nitrogen and oxygen atoms in total. The standard InChI is InChI=1S/C18H18ClN3O2S3/c1-25-15-3-2-4-16-17(15)20-18(26-16)21-9-11-22(12-10-21)27(23,24)14-7-5-13(19)6-8-14/h2-8H,9-12H2,1H3. The van der Waals surface area contributed by atoms with Crippen molar-refractivity contribution >= 4 is 60.1 Å². The van der Waals surface area contributed by atoms with E-state index in [4.69, 9.17) is 16.6 Å². The lowest BCUT2D eigenvalue weighted by Crippen LogP contribution is -2.48. The van der Waals surface area contributed by atoms with E-state index in [1.165, 1.54) is 9.20 Å². The summed E-state index contributed by atoms with van der Waals surface area (Å²) in [4.78, 5) is 8.42. The summed E-state index contributed by atoms with van der Waals surface area (Å²) in [6.07, 6.45) is 2.05. The number of para-hydroxylation sites is 1. The number of anilines is 1. The molecule has 142 valence electrons. The molecular formula is C18H18ClN3O2S3. The topological polar surface area (TPSA) is 53.5 Å². The molecule has 0 unspecified atom stereocenters. The quantitative estimate of drug-likeness (QED) is 0.571. The molecular weight excluding hydrogens is 422 g/mol. The first-order chi connectivity index (χ1) is 13.0.